The van der Waals surface area contributed by atoms with Gasteiger partial charge in [-0.25, -0.2) is 18.4 Å². The number of hydrogen-bond donors (Lipinski definition) is 3. The number of carboxylic acid groups (broad SMARTS) is 1. The number of carboxylic acids is 1. The molecule has 0 saturated heterocycles. The van der Waals surface area contributed by atoms with Crippen LogP contribution < -0.4 is 15.2 Å². The van der Waals surface area contributed by atoms with Crippen LogP contribution >= 0.6 is 0 Å². The summed E-state index contributed by atoms with van der Waals surface area (Å²) in [7, 11) is -4.99. The van der Waals surface area contributed by atoms with E-state index in [0.29, 0.717) is 12.1 Å². The number of ether oxygens (including phenoxy) is 1. The van der Waals surface area contributed by atoms with Crippen molar-refractivity contribution in [1.29, 1.82) is 0 Å². The van der Waals surface area contributed by atoms with Gasteiger partial charge in [-0.15, -0.1) is 0 Å². The smallest absolute Gasteiger partial charge is 0.335 e. The van der Waals surface area contributed by atoms with Gasteiger partial charge in [-0.2, -0.15) is 0 Å². The van der Waals surface area contributed by atoms with Crippen LogP contribution in [0.2, 0.25) is 0 Å². The van der Waals surface area contributed by atoms with Gasteiger partial charge in [0.2, 0.25) is 10.0 Å². The Morgan fingerprint density at radius 2 is 2.12 bits per heavy atom. The number of para-hydroxylation sites is 1. The molecule has 4 N–H and O–H groups in total. The van der Waals surface area contributed by atoms with E-state index < -0.39 is 99.9 Å². The number of sulfonamides is 1. The molecule has 0 bridgehead atoms. The Morgan fingerprint density at radius 1 is 1.40 bits per heavy atom. The lowest BCUT2D eigenvalue weighted by Gasteiger charge is -2.17. The Hall–Kier alpha value is -2.58. The largest absolute Gasteiger partial charge is 0.478 e. The second-order valence-corrected chi connectivity index (χ2v) is 5.79. The third kappa shape index (κ3) is 4.94. The Kier molecular flexibility index (Phi) is 2.35. The Morgan fingerprint density at radius 3 is 2.72 bits per heavy atom. The molecule has 2 aromatic rings. The van der Waals surface area contributed by atoms with Crippen LogP contribution in [-0.4, -0.2) is 26.0 Å². The molecule has 0 atom stereocenters. The molecule has 134 valence electrons. The van der Waals surface area contributed by atoms with Crippen molar-refractivity contribution in [3.05, 3.63) is 47.9 Å². The predicted octanol–water partition coefficient (Wildman–Crippen LogP) is 3.04. The molecule has 8 heteroatoms. The molecule has 25 heavy (non-hydrogen) atoms. The van der Waals surface area contributed by atoms with Crippen molar-refractivity contribution < 1.29 is 42.2 Å². The van der Waals surface area contributed by atoms with Gasteiger partial charge in [0.1, 0.15) is 10.6 Å². The van der Waals surface area contributed by atoms with Crippen molar-refractivity contribution in [2.24, 2.45) is 5.14 Å². The van der Waals surface area contributed by atoms with Gasteiger partial charge in [0, 0.05) is 18.8 Å². The molecule has 0 aliphatic rings. The molecule has 0 fully saturated rings. The highest BCUT2D eigenvalue weighted by molar-refractivity contribution is 7.89. The molecule has 0 heterocycles. The van der Waals surface area contributed by atoms with E-state index in [1.54, 1.807) is 5.32 Å². The Bertz CT molecular complexity index is 1410. The van der Waals surface area contributed by atoms with E-state index in [-0.39, 0.29) is 0 Å². The molecule has 2 aromatic carbocycles. The molecule has 0 unspecified atom stereocenters. The summed E-state index contributed by atoms with van der Waals surface area (Å²) in [4.78, 5) is 10.4. The van der Waals surface area contributed by atoms with Crippen LogP contribution in [0.15, 0.2) is 47.2 Å². The lowest BCUT2D eigenvalue weighted by atomic mass is 10.1. The quantitative estimate of drug-likeness (QED) is 0.649. The first-order valence-electron chi connectivity index (χ1n) is 13.3. The zero-order valence-corrected chi connectivity index (χ0v) is 13.0. The van der Waals surface area contributed by atoms with E-state index in [1.165, 1.54) is 0 Å². The maximum atomic E-state index is 12.4. The van der Waals surface area contributed by atoms with Crippen LogP contribution in [0.5, 0.6) is 11.5 Å². The highest BCUT2D eigenvalue weighted by Gasteiger charge is 2.23. The van der Waals surface area contributed by atoms with Crippen LogP contribution in [0.1, 0.15) is 49.1 Å². The van der Waals surface area contributed by atoms with E-state index in [1.807, 2.05) is 0 Å². The van der Waals surface area contributed by atoms with E-state index >= 15 is 0 Å². The highest BCUT2D eigenvalue weighted by Crippen LogP contribution is 2.37. The first-order valence-corrected chi connectivity index (χ1v) is 7.81. The molecular formula is C17H20N2O5S. The van der Waals surface area contributed by atoms with E-state index in [9.17, 15) is 18.3 Å². The van der Waals surface area contributed by atoms with Crippen molar-refractivity contribution in [1.82, 2.24) is 0 Å². The van der Waals surface area contributed by atoms with Gasteiger partial charge < -0.3 is 15.2 Å². The fourth-order valence-electron chi connectivity index (χ4n) is 1.66. The van der Waals surface area contributed by atoms with Gasteiger partial charge in [0.25, 0.3) is 0 Å². The SMILES string of the molecule is [2H]c1c([2H])c([2H])c(Oc2c(NC([2H])([2H])C([2H])([2H])C([2H])([2H])C([2H])([2H])[2H])cc(C(=O)O)cc2S(N)(=O)=O)c([2H])c1[2H]. The molecule has 0 amide bonds. The zero-order chi connectivity index (χ0) is 30.7. The molecule has 0 aliphatic heterocycles. The highest BCUT2D eigenvalue weighted by atomic mass is 32.2. The maximum Gasteiger partial charge on any atom is 0.335 e. The van der Waals surface area contributed by atoms with Crippen LogP contribution in [0.3, 0.4) is 0 Å². The van der Waals surface area contributed by atoms with Gasteiger partial charge in [-0.3, -0.25) is 0 Å². The summed E-state index contributed by atoms with van der Waals surface area (Å²) in [5.41, 5.74) is -1.95. The van der Waals surface area contributed by atoms with Crippen molar-refractivity contribution in [2.75, 3.05) is 11.8 Å². The summed E-state index contributed by atoms with van der Waals surface area (Å²) >= 11 is 0. The monoisotopic (exact) mass is 378 g/mol. The average Bonchev–Trinajstić information content (AvgIpc) is 2.77. The molecule has 2 rings (SSSR count). The van der Waals surface area contributed by atoms with Gasteiger partial charge in [-0.05, 0) is 30.6 Å². The summed E-state index contributed by atoms with van der Waals surface area (Å²) in [6.07, 6.45) is -7.81. The molecule has 0 spiro atoms. The first kappa shape index (κ1) is 7.35. The van der Waals surface area contributed by atoms with Crippen LogP contribution in [0, 0.1) is 0 Å². The van der Waals surface area contributed by atoms with Crippen LogP contribution in [-0.2, 0) is 10.0 Å². The van der Waals surface area contributed by atoms with E-state index in [0.717, 1.165) is 0 Å². The number of nitrogens with two attached hydrogens (primary N) is 1. The topological polar surface area (TPSA) is 119 Å². The fraction of sp³-hybridized carbons (Fsp3) is 0.235. The van der Waals surface area contributed by atoms with Crippen molar-refractivity contribution in [3.63, 3.8) is 0 Å². The second kappa shape index (κ2) is 8.00. The van der Waals surface area contributed by atoms with Crippen LogP contribution in [0.25, 0.3) is 0 Å². The average molecular weight is 379 g/mol. The minimum absolute atomic E-state index is 0.430. The lowest BCUT2D eigenvalue weighted by Crippen LogP contribution is -2.16. The van der Waals surface area contributed by atoms with Gasteiger partial charge in [0.15, 0.2) is 5.75 Å². The van der Waals surface area contributed by atoms with E-state index in [2.05, 4.69) is 0 Å². The normalized spacial score (nSPS) is 21.5. The van der Waals surface area contributed by atoms with Crippen molar-refractivity contribution in [2.45, 2.75) is 24.5 Å². The molecule has 0 aromatic heterocycles. The van der Waals surface area contributed by atoms with Crippen LogP contribution in [0.4, 0.5) is 5.69 Å². The number of anilines is 1. The number of rotatable bonds is 8. The number of primary sulfonamides is 1. The first-order chi connectivity index (χ1) is 17.3. The summed E-state index contributed by atoms with van der Waals surface area (Å²) < 4.78 is 139. The minimum Gasteiger partial charge on any atom is -0.478 e. The molecule has 0 saturated carbocycles. The van der Waals surface area contributed by atoms with Gasteiger partial charge in [0.05, 0.1) is 18.1 Å². The Balaban J connectivity index is 2.95. The van der Waals surface area contributed by atoms with Gasteiger partial charge in [-0.1, -0.05) is 31.4 Å². The minimum atomic E-state index is -4.99. The lowest BCUT2D eigenvalue weighted by molar-refractivity contribution is 0.0696. The molecular weight excluding hydrogens is 344 g/mol. The van der Waals surface area contributed by atoms with Gasteiger partial charge >= 0.3 is 5.97 Å². The number of hydrogen-bond acceptors (Lipinski definition) is 5. The Labute approximate surface area is 166 Å². The molecule has 0 radical (unpaired) electrons. The number of aromatic carboxylic acids is 1. The number of nitrogens with one attached hydrogen (secondary N) is 1. The predicted molar refractivity (Wildman–Crippen MR) is 94.7 cm³/mol. The third-order valence-electron chi connectivity index (χ3n) is 2.61. The standard InChI is InChI=1S/C17H20N2O5S/c1-2-3-9-19-14-10-12(17(20)21)11-15(25(18,22)23)16(14)24-13-7-5-4-6-8-13/h4-8,10-11,19H,2-3,9H2,1H3,(H,20,21)(H2,18,22,23)/i1D3,2D2,3D2,4D,5D,6D,7D,8D,9D2. The maximum absolute atomic E-state index is 12.4. The fourth-order valence-corrected chi connectivity index (χ4v) is 2.36. The number of benzene rings is 2. The molecule has 0 aliphatic carbocycles. The zero-order valence-electron chi connectivity index (χ0n) is 26.2. The summed E-state index contributed by atoms with van der Waals surface area (Å²) in [6, 6.07) is -3.81. The van der Waals surface area contributed by atoms with Crippen molar-refractivity contribution in [3.8, 4) is 11.5 Å². The third-order valence-corrected chi connectivity index (χ3v) is 3.53. The second-order valence-electron chi connectivity index (χ2n) is 4.26. The summed E-state index contributed by atoms with van der Waals surface area (Å²) in [6.45, 7) is -7.47. The summed E-state index contributed by atoms with van der Waals surface area (Å²) in [5, 5.41) is 16.3. The van der Waals surface area contributed by atoms with E-state index in [4.69, 9.17) is 29.1 Å². The van der Waals surface area contributed by atoms with Crippen molar-refractivity contribution >= 4 is 21.7 Å². The molecule has 7 nitrogen and oxygen atoms in total. The summed E-state index contributed by atoms with van der Waals surface area (Å²) in [5.74, 6) is -3.98. The number of carbonyl (C=O) groups is 1.